The number of H-pyrrole nitrogens is 1. The molecular formula is C27H29FN4O3S. The van der Waals surface area contributed by atoms with Gasteiger partial charge in [0, 0.05) is 48.7 Å². The maximum atomic E-state index is 13.8. The van der Waals surface area contributed by atoms with Gasteiger partial charge in [-0.1, -0.05) is 6.07 Å². The summed E-state index contributed by atoms with van der Waals surface area (Å²) in [4.78, 5) is 32.4. The Morgan fingerprint density at radius 1 is 1.25 bits per heavy atom. The second-order valence-corrected chi connectivity index (χ2v) is 10.8. The first-order chi connectivity index (χ1) is 17.1. The molecule has 3 aromatic heterocycles. The molecule has 9 heteroatoms. The van der Waals surface area contributed by atoms with Crippen molar-refractivity contribution in [1.82, 2.24) is 14.9 Å². The second kappa shape index (κ2) is 8.90. The Labute approximate surface area is 212 Å². The van der Waals surface area contributed by atoms with Crippen molar-refractivity contribution in [3.8, 4) is 10.4 Å². The van der Waals surface area contributed by atoms with Crippen LogP contribution in [0.1, 0.15) is 47.3 Å². The zero-order valence-electron chi connectivity index (χ0n) is 20.7. The number of aryl methyl sites for hydroxylation is 1. The van der Waals surface area contributed by atoms with Gasteiger partial charge in [-0.05, 0) is 62.6 Å². The number of amides is 1. The molecule has 0 atom stereocenters. The lowest BCUT2D eigenvalue weighted by molar-refractivity contribution is 0.0825. The molecular weight excluding hydrogens is 479 g/mol. The average Bonchev–Trinajstić information content (AvgIpc) is 3.47. The Hall–Kier alpha value is -3.43. The van der Waals surface area contributed by atoms with Crippen molar-refractivity contribution >= 4 is 33.8 Å². The highest BCUT2D eigenvalue weighted by molar-refractivity contribution is 7.16. The molecule has 4 aromatic rings. The van der Waals surface area contributed by atoms with E-state index in [1.165, 1.54) is 22.0 Å². The lowest BCUT2D eigenvalue weighted by atomic mass is 9.98. The van der Waals surface area contributed by atoms with Crippen LogP contribution in [-0.4, -0.2) is 33.7 Å². The van der Waals surface area contributed by atoms with Crippen molar-refractivity contribution in [2.45, 2.75) is 39.3 Å². The second-order valence-electron chi connectivity index (χ2n) is 9.76. The summed E-state index contributed by atoms with van der Waals surface area (Å²) in [5, 5.41) is 14.3. The van der Waals surface area contributed by atoms with Crippen LogP contribution in [0, 0.1) is 5.82 Å². The summed E-state index contributed by atoms with van der Waals surface area (Å²) in [5.74, 6) is -0.504. The van der Waals surface area contributed by atoms with Gasteiger partial charge < -0.3 is 24.9 Å². The summed E-state index contributed by atoms with van der Waals surface area (Å²) in [6, 6.07) is 8.64. The van der Waals surface area contributed by atoms with Crippen molar-refractivity contribution in [3.05, 3.63) is 74.4 Å². The smallest absolute Gasteiger partial charge is 0.274 e. The summed E-state index contributed by atoms with van der Waals surface area (Å²) in [5.41, 5.74) is 3.22. The number of fused-ring (bicyclic) bond motifs is 2. The predicted molar refractivity (Wildman–Crippen MR) is 141 cm³/mol. The molecule has 1 amide bonds. The molecule has 4 heterocycles. The van der Waals surface area contributed by atoms with Gasteiger partial charge in [0.05, 0.1) is 16.2 Å². The van der Waals surface area contributed by atoms with Crippen LogP contribution in [0.5, 0.6) is 0 Å². The van der Waals surface area contributed by atoms with E-state index in [1.54, 1.807) is 39.2 Å². The normalized spacial score (nSPS) is 13.8. The van der Waals surface area contributed by atoms with Gasteiger partial charge in [0.15, 0.2) is 0 Å². The standard InChI is InChI=1S/C27H29FN4O3S/c1-5-29-25(33)20-11-18-19(14-31(4)26(34)23(18)30-20)24-21(12-22(36-24)27(2,3)35)32-9-8-15-10-17(28)7-6-16(15)13-32/h6-7,10-12,14,30,35H,5,8-9,13H2,1-4H3,(H,29,33). The quantitative estimate of drug-likeness (QED) is 0.376. The van der Waals surface area contributed by atoms with E-state index in [2.05, 4.69) is 15.2 Å². The van der Waals surface area contributed by atoms with Crippen LogP contribution in [0.3, 0.4) is 0 Å². The fourth-order valence-corrected chi connectivity index (χ4v) is 5.94. The van der Waals surface area contributed by atoms with Gasteiger partial charge in [-0.2, -0.15) is 0 Å². The van der Waals surface area contributed by atoms with Crippen LogP contribution >= 0.6 is 11.3 Å². The van der Waals surface area contributed by atoms with Crippen LogP contribution in [0.25, 0.3) is 21.3 Å². The maximum absolute atomic E-state index is 13.8. The minimum absolute atomic E-state index is 0.223. The third-order valence-electron chi connectivity index (χ3n) is 6.63. The van der Waals surface area contributed by atoms with E-state index in [-0.39, 0.29) is 17.3 Å². The number of anilines is 1. The third kappa shape index (κ3) is 4.22. The zero-order chi connectivity index (χ0) is 25.8. The molecule has 36 heavy (non-hydrogen) atoms. The number of hydrogen-bond donors (Lipinski definition) is 3. The molecule has 0 radical (unpaired) electrons. The third-order valence-corrected chi connectivity index (χ3v) is 8.10. The largest absolute Gasteiger partial charge is 0.385 e. The number of aliphatic hydroxyl groups is 1. The molecule has 0 spiro atoms. The van der Waals surface area contributed by atoms with Crippen molar-refractivity contribution in [3.63, 3.8) is 0 Å². The summed E-state index contributed by atoms with van der Waals surface area (Å²) in [6.45, 7) is 7.12. The van der Waals surface area contributed by atoms with E-state index in [9.17, 15) is 19.1 Å². The minimum Gasteiger partial charge on any atom is -0.385 e. The minimum atomic E-state index is -1.06. The van der Waals surface area contributed by atoms with Crippen LogP contribution in [0.4, 0.5) is 10.1 Å². The maximum Gasteiger partial charge on any atom is 0.274 e. The highest BCUT2D eigenvalue weighted by atomic mass is 32.1. The topological polar surface area (TPSA) is 90.4 Å². The first-order valence-corrected chi connectivity index (χ1v) is 12.8. The number of carbonyl (C=O) groups excluding carboxylic acids is 1. The lowest BCUT2D eigenvalue weighted by Crippen LogP contribution is -2.30. The van der Waals surface area contributed by atoms with Crippen molar-refractivity contribution < 1.29 is 14.3 Å². The summed E-state index contributed by atoms with van der Waals surface area (Å²) >= 11 is 1.47. The number of benzene rings is 1. The van der Waals surface area contributed by atoms with E-state index in [4.69, 9.17) is 0 Å². The molecule has 0 fully saturated rings. The number of carbonyl (C=O) groups is 1. The van der Waals surface area contributed by atoms with E-state index < -0.39 is 5.60 Å². The van der Waals surface area contributed by atoms with E-state index >= 15 is 0 Å². The van der Waals surface area contributed by atoms with E-state index in [0.29, 0.717) is 42.7 Å². The van der Waals surface area contributed by atoms with E-state index in [0.717, 1.165) is 32.1 Å². The molecule has 5 rings (SSSR count). The number of rotatable bonds is 5. The number of pyridine rings is 1. The summed E-state index contributed by atoms with van der Waals surface area (Å²) in [7, 11) is 1.69. The lowest BCUT2D eigenvalue weighted by Gasteiger charge is -2.31. The van der Waals surface area contributed by atoms with Gasteiger partial charge in [-0.15, -0.1) is 11.3 Å². The van der Waals surface area contributed by atoms with Crippen LogP contribution < -0.4 is 15.8 Å². The number of aromatic amines is 1. The summed E-state index contributed by atoms with van der Waals surface area (Å²) in [6.07, 6.45) is 2.49. The molecule has 0 saturated heterocycles. The van der Waals surface area contributed by atoms with Crippen LogP contribution in [-0.2, 0) is 25.6 Å². The van der Waals surface area contributed by atoms with Gasteiger partial charge in [0.2, 0.25) is 0 Å². The molecule has 7 nitrogen and oxygen atoms in total. The van der Waals surface area contributed by atoms with E-state index in [1.807, 2.05) is 19.1 Å². The van der Waals surface area contributed by atoms with Gasteiger partial charge in [-0.3, -0.25) is 9.59 Å². The molecule has 0 bridgehead atoms. The van der Waals surface area contributed by atoms with Gasteiger partial charge in [0.1, 0.15) is 17.0 Å². The number of halogens is 1. The van der Waals surface area contributed by atoms with Crippen molar-refractivity contribution in [1.29, 1.82) is 0 Å². The van der Waals surface area contributed by atoms with Crippen molar-refractivity contribution in [2.75, 3.05) is 18.0 Å². The van der Waals surface area contributed by atoms with Gasteiger partial charge in [-0.25, -0.2) is 4.39 Å². The molecule has 0 aliphatic carbocycles. The molecule has 3 N–H and O–H groups in total. The predicted octanol–water partition coefficient (Wildman–Crippen LogP) is 4.27. The monoisotopic (exact) mass is 508 g/mol. The van der Waals surface area contributed by atoms with Gasteiger partial charge >= 0.3 is 0 Å². The Balaban J connectivity index is 1.69. The van der Waals surface area contributed by atoms with Crippen molar-refractivity contribution in [2.24, 2.45) is 7.05 Å². The SMILES string of the molecule is CCNC(=O)c1cc2c(-c3sc(C(C)(C)O)cc3N3CCc4cc(F)ccc4C3)cn(C)c(=O)c2[nH]1. The Bertz CT molecular complexity index is 1540. The molecule has 0 unspecified atom stereocenters. The number of nitrogens with one attached hydrogen (secondary N) is 2. The Kier molecular flexibility index (Phi) is 6.00. The fraction of sp³-hybridized carbons (Fsp3) is 0.333. The average molecular weight is 509 g/mol. The first-order valence-electron chi connectivity index (χ1n) is 12.0. The fourth-order valence-electron chi connectivity index (χ4n) is 4.73. The number of hydrogen-bond acceptors (Lipinski definition) is 5. The number of aromatic nitrogens is 2. The molecule has 188 valence electrons. The summed E-state index contributed by atoms with van der Waals surface area (Å²) < 4.78 is 15.3. The molecule has 1 aliphatic rings. The molecule has 1 aromatic carbocycles. The zero-order valence-corrected chi connectivity index (χ0v) is 21.6. The Morgan fingerprint density at radius 2 is 2.03 bits per heavy atom. The van der Waals surface area contributed by atoms with Gasteiger partial charge in [0.25, 0.3) is 11.5 Å². The van der Waals surface area contributed by atoms with Crippen LogP contribution in [0.2, 0.25) is 0 Å². The first kappa shape index (κ1) is 24.3. The number of thiophene rings is 1. The van der Waals surface area contributed by atoms with Crippen LogP contribution in [0.15, 0.2) is 41.3 Å². The highest BCUT2D eigenvalue weighted by Crippen LogP contribution is 2.45. The highest BCUT2D eigenvalue weighted by Gasteiger charge is 2.28. The molecule has 0 saturated carbocycles. The number of nitrogens with zero attached hydrogens (tertiary/aromatic N) is 2. The molecule has 1 aliphatic heterocycles. The Morgan fingerprint density at radius 3 is 2.75 bits per heavy atom.